The summed E-state index contributed by atoms with van der Waals surface area (Å²) in [6.45, 7) is 2.07. The summed E-state index contributed by atoms with van der Waals surface area (Å²) in [6, 6.07) is 5.54. The average molecular weight is 265 g/mol. The molecule has 0 spiro atoms. The predicted octanol–water partition coefficient (Wildman–Crippen LogP) is 0.104. The Morgan fingerprint density at radius 1 is 1.47 bits per heavy atom. The second-order valence-corrected chi connectivity index (χ2v) is 4.22. The minimum absolute atomic E-state index is 0.0533. The van der Waals surface area contributed by atoms with E-state index in [2.05, 4.69) is 10.6 Å². The zero-order valence-electron chi connectivity index (χ0n) is 10.3. The first kappa shape index (κ1) is 13.4. The van der Waals surface area contributed by atoms with Gasteiger partial charge in [0.15, 0.2) is 5.78 Å². The number of nitrogens with zero attached hydrogens (tertiary/aromatic N) is 1. The number of rotatable bonds is 5. The van der Waals surface area contributed by atoms with Crippen LogP contribution in [0.4, 0.5) is 5.69 Å². The lowest BCUT2D eigenvalue weighted by Gasteiger charge is -2.23. The summed E-state index contributed by atoms with van der Waals surface area (Å²) < 4.78 is 5.29. The standard InChI is InChI=1S/C12H15N3O4/c16-12(11-7-13-4-5-14-11)8-19-10-3-1-2-9(6-10)15(17)18/h1-3,6,11,13-14H,4-5,7-8H2. The molecule has 7 heteroatoms. The number of ether oxygens (including phenoxy) is 1. The Labute approximate surface area is 110 Å². The highest BCUT2D eigenvalue weighted by Gasteiger charge is 2.20. The van der Waals surface area contributed by atoms with Gasteiger partial charge in [0.1, 0.15) is 12.4 Å². The number of benzene rings is 1. The summed E-state index contributed by atoms with van der Waals surface area (Å²) in [5, 5.41) is 16.8. The highest BCUT2D eigenvalue weighted by atomic mass is 16.6. The van der Waals surface area contributed by atoms with Gasteiger partial charge < -0.3 is 15.4 Å². The highest BCUT2D eigenvalue weighted by molar-refractivity contribution is 5.85. The fraction of sp³-hybridized carbons (Fsp3) is 0.417. The number of nitro benzene ring substituents is 1. The number of ketones is 1. The van der Waals surface area contributed by atoms with E-state index in [4.69, 9.17) is 4.74 Å². The molecule has 0 radical (unpaired) electrons. The first-order chi connectivity index (χ1) is 9.16. The second-order valence-electron chi connectivity index (χ2n) is 4.22. The molecular formula is C12H15N3O4. The molecule has 1 fully saturated rings. The zero-order valence-corrected chi connectivity index (χ0v) is 10.3. The monoisotopic (exact) mass is 265 g/mol. The molecule has 1 aliphatic rings. The molecule has 0 saturated carbocycles. The SMILES string of the molecule is O=C(COc1cccc([N+](=O)[O-])c1)C1CNCCN1. The van der Waals surface area contributed by atoms with Gasteiger partial charge in [-0.25, -0.2) is 0 Å². The Bertz CT molecular complexity index is 472. The Balaban J connectivity index is 1.89. The van der Waals surface area contributed by atoms with Crippen LogP contribution in [-0.2, 0) is 4.79 Å². The zero-order chi connectivity index (χ0) is 13.7. The van der Waals surface area contributed by atoms with Gasteiger partial charge in [-0.05, 0) is 6.07 Å². The topological polar surface area (TPSA) is 93.5 Å². The van der Waals surface area contributed by atoms with E-state index in [0.717, 1.165) is 13.1 Å². The van der Waals surface area contributed by atoms with Crippen molar-refractivity contribution < 1.29 is 14.5 Å². The van der Waals surface area contributed by atoms with E-state index in [1.54, 1.807) is 6.07 Å². The fourth-order valence-corrected chi connectivity index (χ4v) is 1.82. The summed E-state index contributed by atoms with van der Waals surface area (Å²) >= 11 is 0. The van der Waals surface area contributed by atoms with E-state index >= 15 is 0 Å². The molecule has 1 aromatic rings. The van der Waals surface area contributed by atoms with Crippen LogP contribution in [0.25, 0.3) is 0 Å². The van der Waals surface area contributed by atoms with Crippen molar-refractivity contribution in [1.82, 2.24) is 10.6 Å². The minimum atomic E-state index is -0.499. The first-order valence-electron chi connectivity index (χ1n) is 6.01. The molecule has 19 heavy (non-hydrogen) atoms. The van der Waals surface area contributed by atoms with Crippen molar-refractivity contribution >= 4 is 11.5 Å². The highest BCUT2D eigenvalue weighted by Crippen LogP contribution is 2.18. The van der Waals surface area contributed by atoms with E-state index in [1.165, 1.54) is 18.2 Å². The third-order valence-electron chi connectivity index (χ3n) is 2.84. The number of Topliss-reactive ketones (excluding diaryl/α,β-unsaturated/α-hetero) is 1. The molecule has 1 heterocycles. The van der Waals surface area contributed by atoms with Gasteiger partial charge in [-0.15, -0.1) is 0 Å². The van der Waals surface area contributed by atoms with Crippen molar-refractivity contribution in [3.63, 3.8) is 0 Å². The van der Waals surface area contributed by atoms with Crippen LogP contribution in [0.3, 0.4) is 0 Å². The van der Waals surface area contributed by atoms with E-state index in [9.17, 15) is 14.9 Å². The number of carbonyl (C=O) groups is 1. The van der Waals surface area contributed by atoms with Crippen LogP contribution in [0.5, 0.6) is 5.75 Å². The quantitative estimate of drug-likeness (QED) is 0.579. The van der Waals surface area contributed by atoms with Crippen LogP contribution < -0.4 is 15.4 Å². The van der Waals surface area contributed by atoms with E-state index in [0.29, 0.717) is 12.3 Å². The van der Waals surface area contributed by atoms with Crippen LogP contribution in [0.2, 0.25) is 0 Å². The van der Waals surface area contributed by atoms with Gasteiger partial charge in [0.05, 0.1) is 17.0 Å². The molecule has 1 unspecified atom stereocenters. The summed E-state index contributed by atoms with van der Waals surface area (Å²) in [5.41, 5.74) is -0.0533. The lowest BCUT2D eigenvalue weighted by Crippen LogP contribution is -2.53. The summed E-state index contributed by atoms with van der Waals surface area (Å²) in [7, 11) is 0. The van der Waals surface area contributed by atoms with Crippen LogP contribution >= 0.6 is 0 Å². The Kier molecular flexibility index (Phi) is 4.43. The summed E-state index contributed by atoms with van der Waals surface area (Å²) in [4.78, 5) is 21.9. The van der Waals surface area contributed by atoms with Crippen LogP contribution in [0.15, 0.2) is 24.3 Å². The number of hydrogen-bond acceptors (Lipinski definition) is 6. The van der Waals surface area contributed by atoms with Crippen LogP contribution in [-0.4, -0.2) is 43.0 Å². The molecule has 1 aromatic carbocycles. The van der Waals surface area contributed by atoms with Gasteiger partial charge in [-0.2, -0.15) is 0 Å². The van der Waals surface area contributed by atoms with Crippen molar-refractivity contribution in [3.8, 4) is 5.75 Å². The molecule has 1 atom stereocenters. The number of hydrogen-bond donors (Lipinski definition) is 2. The molecule has 0 aliphatic carbocycles. The van der Waals surface area contributed by atoms with Crippen LogP contribution in [0, 0.1) is 10.1 Å². The van der Waals surface area contributed by atoms with E-state index in [1.807, 2.05) is 0 Å². The number of nitro groups is 1. The predicted molar refractivity (Wildman–Crippen MR) is 68.3 cm³/mol. The molecule has 7 nitrogen and oxygen atoms in total. The summed E-state index contributed by atoms with van der Waals surface area (Å²) in [6.07, 6.45) is 0. The molecular weight excluding hydrogens is 250 g/mol. The van der Waals surface area contributed by atoms with E-state index < -0.39 is 4.92 Å². The first-order valence-corrected chi connectivity index (χ1v) is 6.01. The maximum Gasteiger partial charge on any atom is 0.273 e. The molecule has 102 valence electrons. The third kappa shape index (κ3) is 3.73. The number of carbonyl (C=O) groups excluding carboxylic acids is 1. The van der Waals surface area contributed by atoms with Crippen molar-refractivity contribution in [2.24, 2.45) is 0 Å². The largest absolute Gasteiger partial charge is 0.486 e. The molecule has 0 aromatic heterocycles. The number of non-ortho nitro benzene ring substituents is 1. The average Bonchev–Trinajstić information content (AvgIpc) is 2.46. The lowest BCUT2D eigenvalue weighted by molar-refractivity contribution is -0.384. The normalized spacial score (nSPS) is 18.8. The van der Waals surface area contributed by atoms with Gasteiger partial charge in [0.2, 0.25) is 0 Å². The lowest BCUT2D eigenvalue weighted by atomic mass is 10.1. The van der Waals surface area contributed by atoms with Crippen LogP contribution in [0.1, 0.15) is 0 Å². The van der Waals surface area contributed by atoms with E-state index in [-0.39, 0.29) is 24.1 Å². The van der Waals surface area contributed by atoms with Crippen molar-refractivity contribution in [3.05, 3.63) is 34.4 Å². The number of piperazine rings is 1. The van der Waals surface area contributed by atoms with Crippen molar-refractivity contribution in [2.45, 2.75) is 6.04 Å². The molecule has 1 aliphatic heterocycles. The third-order valence-corrected chi connectivity index (χ3v) is 2.84. The fourth-order valence-electron chi connectivity index (χ4n) is 1.82. The van der Waals surface area contributed by atoms with Gasteiger partial charge in [-0.3, -0.25) is 14.9 Å². The molecule has 1 saturated heterocycles. The molecule has 0 bridgehead atoms. The minimum Gasteiger partial charge on any atom is -0.486 e. The smallest absolute Gasteiger partial charge is 0.273 e. The summed E-state index contributed by atoms with van der Waals surface area (Å²) in [5.74, 6) is 0.255. The van der Waals surface area contributed by atoms with Gasteiger partial charge >= 0.3 is 0 Å². The second kappa shape index (κ2) is 6.26. The maximum absolute atomic E-state index is 11.8. The van der Waals surface area contributed by atoms with Gasteiger partial charge in [0, 0.05) is 25.7 Å². The Morgan fingerprint density at radius 3 is 3.00 bits per heavy atom. The maximum atomic E-state index is 11.8. The van der Waals surface area contributed by atoms with Crippen molar-refractivity contribution in [1.29, 1.82) is 0 Å². The van der Waals surface area contributed by atoms with Gasteiger partial charge in [0.25, 0.3) is 5.69 Å². The molecule has 0 amide bonds. The molecule has 2 N–H and O–H groups in total. The number of nitrogens with one attached hydrogen (secondary N) is 2. The Morgan fingerprint density at radius 2 is 2.32 bits per heavy atom. The Hall–Kier alpha value is -1.99. The van der Waals surface area contributed by atoms with Gasteiger partial charge in [-0.1, -0.05) is 6.07 Å². The molecule has 2 rings (SSSR count). The van der Waals surface area contributed by atoms with Crippen molar-refractivity contribution in [2.75, 3.05) is 26.2 Å².